The summed E-state index contributed by atoms with van der Waals surface area (Å²) in [5.41, 5.74) is 1.60. The molecule has 1 aliphatic heterocycles. The second kappa shape index (κ2) is 4.49. The first kappa shape index (κ1) is 11.5. The van der Waals surface area contributed by atoms with Gasteiger partial charge in [0.1, 0.15) is 11.5 Å². The molecule has 0 aliphatic carbocycles. The van der Waals surface area contributed by atoms with Gasteiger partial charge < -0.3 is 15.1 Å². The van der Waals surface area contributed by atoms with Gasteiger partial charge >= 0.3 is 0 Å². The Bertz CT molecular complexity index is 459. The van der Waals surface area contributed by atoms with Crippen molar-refractivity contribution in [1.29, 1.82) is 0 Å². The molecule has 4 heteroatoms. The molecule has 90 valence electrons. The van der Waals surface area contributed by atoms with Crippen LogP contribution in [-0.4, -0.2) is 34.1 Å². The number of phenols is 2. The monoisotopic (exact) mass is 233 g/mol. The molecule has 0 fully saturated rings. The van der Waals surface area contributed by atoms with Gasteiger partial charge in [-0.15, -0.1) is 0 Å². The van der Waals surface area contributed by atoms with Crippen LogP contribution in [0.2, 0.25) is 0 Å². The lowest BCUT2D eigenvalue weighted by atomic mass is 10.1. The minimum atomic E-state index is -0.167. The van der Waals surface area contributed by atoms with Crippen LogP contribution in [0.15, 0.2) is 29.8 Å². The van der Waals surface area contributed by atoms with E-state index in [1.54, 1.807) is 4.90 Å². The number of benzene rings is 1. The van der Waals surface area contributed by atoms with Crippen molar-refractivity contribution in [3.8, 4) is 11.5 Å². The number of phenolic OH excluding ortho intramolecular Hbond substituents is 2. The number of amides is 1. The third kappa shape index (κ3) is 2.58. The standard InChI is InChI=1S/C13H15NO3/c1-9-2-4-14(5-3-9)13(17)10-6-11(15)8-12(16)7-10/h2,6-8,15-16H,3-5H2,1H3. The van der Waals surface area contributed by atoms with Crippen LogP contribution in [0.1, 0.15) is 23.7 Å². The SMILES string of the molecule is CC1=CCN(C(=O)c2cc(O)cc(O)c2)CC1. The van der Waals surface area contributed by atoms with Crippen molar-refractivity contribution >= 4 is 5.91 Å². The molecule has 0 atom stereocenters. The van der Waals surface area contributed by atoms with Gasteiger partial charge in [-0.3, -0.25) is 4.79 Å². The summed E-state index contributed by atoms with van der Waals surface area (Å²) < 4.78 is 0. The van der Waals surface area contributed by atoms with Crippen molar-refractivity contribution in [3.63, 3.8) is 0 Å². The molecular weight excluding hydrogens is 218 g/mol. The number of carbonyl (C=O) groups is 1. The molecule has 0 saturated carbocycles. The highest BCUT2D eigenvalue weighted by Crippen LogP contribution is 2.22. The largest absolute Gasteiger partial charge is 0.508 e. The van der Waals surface area contributed by atoms with E-state index in [1.165, 1.54) is 23.8 Å². The molecule has 1 heterocycles. The van der Waals surface area contributed by atoms with Gasteiger partial charge in [-0.1, -0.05) is 11.6 Å². The maximum Gasteiger partial charge on any atom is 0.254 e. The molecule has 1 aromatic rings. The Morgan fingerprint density at radius 3 is 2.41 bits per heavy atom. The summed E-state index contributed by atoms with van der Waals surface area (Å²) in [7, 11) is 0. The van der Waals surface area contributed by atoms with E-state index in [4.69, 9.17) is 0 Å². The van der Waals surface area contributed by atoms with Crippen LogP contribution >= 0.6 is 0 Å². The van der Waals surface area contributed by atoms with E-state index in [2.05, 4.69) is 0 Å². The van der Waals surface area contributed by atoms with Crippen molar-refractivity contribution in [2.45, 2.75) is 13.3 Å². The van der Waals surface area contributed by atoms with Crippen molar-refractivity contribution < 1.29 is 15.0 Å². The molecule has 1 amide bonds. The highest BCUT2D eigenvalue weighted by atomic mass is 16.3. The molecule has 0 unspecified atom stereocenters. The summed E-state index contributed by atoms with van der Waals surface area (Å²) in [6.07, 6.45) is 2.89. The average Bonchev–Trinajstić information content (AvgIpc) is 2.28. The number of aromatic hydroxyl groups is 2. The topological polar surface area (TPSA) is 60.8 Å². The maximum atomic E-state index is 12.1. The highest BCUT2D eigenvalue weighted by molar-refractivity contribution is 5.95. The van der Waals surface area contributed by atoms with Crippen LogP contribution in [-0.2, 0) is 0 Å². The van der Waals surface area contributed by atoms with Gasteiger partial charge in [0.15, 0.2) is 0 Å². The van der Waals surface area contributed by atoms with Gasteiger partial charge in [0.05, 0.1) is 0 Å². The zero-order valence-electron chi connectivity index (χ0n) is 9.68. The van der Waals surface area contributed by atoms with E-state index in [-0.39, 0.29) is 17.4 Å². The van der Waals surface area contributed by atoms with Gasteiger partial charge in [0.25, 0.3) is 5.91 Å². The Labute approximate surface area is 99.8 Å². The minimum absolute atomic E-state index is 0.0999. The second-order valence-corrected chi connectivity index (χ2v) is 4.29. The van der Waals surface area contributed by atoms with Crippen molar-refractivity contribution in [2.75, 3.05) is 13.1 Å². The minimum Gasteiger partial charge on any atom is -0.508 e. The molecule has 17 heavy (non-hydrogen) atoms. The van der Waals surface area contributed by atoms with Gasteiger partial charge in [-0.25, -0.2) is 0 Å². The van der Waals surface area contributed by atoms with E-state index in [9.17, 15) is 15.0 Å². The summed E-state index contributed by atoms with van der Waals surface area (Å²) in [5.74, 6) is -0.367. The Morgan fingerprint density at radius 2 is 1.88 bits per heavy atom. The molecule has 0 spiro atoms. The fourth-order valence-corrected chi connectivity index (χ4v) is 1.86. The third-order valence-electron chi connectivity index (χ3n) is 2.87. The fraction of sp³-hybridized carbons (Fsp3) is 0.308. The smallest absolute Gasteiger partial charge is 0.254 e. The van der Waals surface area contributed by atoms with Crippen LogP contribution in [0.3, 0.4) is 0 Å². The first-order valence-corrected chi connectivity index (χ1v) is 5.54. The molecule has 1 aliphatic rings. The Hall–Kier alpha value is -1.97. The van der Waals surface area contributed by atoms with Crippen molar-refractivity contribution in [1.82, 2.24) is 4.90 Å². The zero-order valence-corrected chi connectivity index (χ0v) is 9.68. The molecule has 0 aromatic heterocycles. The summed E-state index contributed by atoms with van der Waals surface area (Å²) in [4.78, 5) is 13.8. The number of hydrogen-bond donors (Lipinski definition) is 2. The first-order chi connectivity index (χ1) is 8.06. The summed E-state index contributed by atoms with van der Waals surface area (Å²) in [5, 5.41) is 18.7. The van der Waals surface area contributed by atoms with E-state index in [0.29, 0.717) is 18.7 Å². The van der Waals surface area contributed by atoms with E-state index in [1.807, 2.05) is 13.0 Å². The van der Waals surface area contributed by atoms with Crippen LogP contribution < -0.4 is 0 Å². The third-order valence-corrected chi connectivity index (χ3v) is 2.87. The lowest BCUT2D eigenvalue weighted by Gasteiger charge is -2.25. The van der Waals surface area contributed by atoms with Crippen molar-refractivity contribution in [2.24, 2.45) is 0 Å². The lowest BCUT2D eigenvalue weighted by Crippen LogP contribution is -2.34. The van der Waals surface area contributed by atoms with Crippen LogP contribution in [0.4, 0.5) is 0 Å². The maximum absolute atomic E-state index is 12.1. The molecule has 0 saturated heterocycles. The van der Waals surface area contributed by atoms with Crippen LogP contribution in [0, 0.1) is 0 Å². The Kier molecular flexibility index (Phi) is 3.04. The van der Waals surface area contributed by atoms with E-state index >= 15 is 0 Å². The summed E-state index contributed by atoms with van der Waals surface area (Å²) >= 11 is 0. The van der Waals surface area contributed by atoms with Gasteiger partial charge in [-0.05, 0) is 25.5 Å². The highest BCUT2D eigenvalue weighted by Gasteiger charge is 2.18. The molecule has 4 nitrogen and oxygen atoms in total. The quantitative estimate of drug-likeness (QED) is 0.728. The Morgan fingerprint density at radius 1 is 1.24 bits per heavy atom. The molecule has 1 aromatic carbocycles. The number of hydrogen-bond acceptors (Lipinski definition) is 3. The lowest BCUT2D eigenvalue weighted by molar-refractivity contribution is 0.0768. The average molecular weight is 233 g/mol. The van der Waals surface area contributed by atoms with E-state index in [0.717, 1.165) is 6.42 Å². The molecule has 2 N–H and O–H groups in total. The van der Waals surface area contributed by atoms with Crippen molar-refractivity contribution in [3.05, 3.63) is 35.4 Å². The molecule has 2 rings (SSSR count). The summed E-state index contributed by atoms with van der Waals surface area (Å²) in [6, 6.07) is 3.94. The van der Waals surface area contributed by atoms with Gasteiger partial charge in [0.2, 0.25) is 0 Å². The van der Waals surface area contributed by atoms with Crippen LogP contribution in [0.5, 0.6) is 11.5 Å². The van der Waals surface area contributed by atoms with Crippen LogP contribution in [0.25, 0.3) is 0 Å². The summed E-state index contributed by atoms with van der Waals surface area (Å²) in [6.45, 7) is 3.31. The Balaban J connectivity index is 2.20. The predicted molar refractivity (Wildman–Crippen MR) is 64.0 cm³/mol. The van der Waals surface area contributed by atoms with E-state index < -0.39 is 0 Å². The van der Waals surface area contributed by atoms with Gasteiger partial charge in [-0.2, -0.15) is 0 Å². The fourth-order valence-electron chi connectivity index (χ4n) is 1.86. The van der Waals surface area contributed by atoms with Gasteiger partial charge in [0, 0.05) is 24.7 Å². The second-order valence-electron chi connectivity index (χ2n) is 4.29. The molecule has 0 radical (unpaired) electrons. The number of nitrogens with zero attached hydrogens (tertiary/aromatic N) is 1. The molecular formula is C13H15NO3. The predicted octanol–water partition coefficient (Wildman–Crippen LogP) is 1.89. The zero-order chi connectivity index (χ0) is 12.4. The number of carbonyl (C=O) groups excluding carboxylic acids is 1. The number of rotatable bonds is 1. The molecule has 0 bridgehead atoms. The normalized spacial score (nSPS) is 15.6. The first-order valence-electron chi connectivity index (χ1n) is 5.54.